The summed E-state index contributed by atoms with van der Waals surface area (Å²) in [6, 6.07) is 3.68. The Morgan fingerprint density at radius 2 is 2.06 bits per heavy atom. The number of thiophene rings is 1. The average molecular weight is 242 g/mol. The second-order valence-corrected chi connectivity index (χ2v) is 4.16. The molecule has 1 aromatic heterocycles. The Bertz CT molecular complexity index is 406. The number of carbonyl (C=O) groups excluding carboxylic acids is 1. The zero-order valence-electron chi connectivity index (χ0n) is 9.44. The quantitative estimate of drug-likeness (QED) is 0.500. The van der Waals surface area contributed by atoms with Gasteiger partial charge < -0.3 is 14.6 Å². The van der Waals surface area contributed by atoms with Crippen LogP contribution in [0.25, 0.3) is 5.57 Å². The highest BCUT2D eigenvalue weighted by Crippen LogP contribution is 2.27. The van der Waals surface area contributed by atoms with E-state index in [4.69, 9.17) is 0 Å². The zero-order chi connectivity index (χ0) is 12.1. The Morgan fingerprint density at radius 3 is 2.50 bits per heavy atom. The van der Waals surface area contributed by atoms with Gasteiger partial charge in [0.25, 0.3) is 5.95 Å². The minimum Gasteiger partial charge on any atom is -0.480 e. The van der Waals surface area contributed by atoms with E-state index in [9.17, 15) is 9.90 Å². The van der Waals surface area contributed by atoms with Gasteiger partial charge in [-0.25, -0.2) is 4.79 Å². The summed E-state index contributed by atoms with van der Waals surface area (Å²) in [6.45, 7) is 2.02. The van der Waals surface area contributed by atoms with Crippen LogP contribution in [0.2, 0.25) is 0 Å². The lowest BCUT2D eigenvalue weighted by Gasteiger charge is -2.05. The van der Waals surface area contributed by atoms with Crippen molar-refractivity contribution in [2.75, 3.05) is 14.2 Å². The molecule has 0 atom stereocenters. The third-order valence-electron chi connectivity index (χ3n) is 2.05. The molecule has 88 valence electrons. The molecule has 16 heavy (non-hydrogen) atoms. The summed E-state index contributed by atoms with van der Waals surface area (Å²) in [5, 5.41) is 9.52. The first kappa shape index (κ1) is 12.6. The fourth-order valence-electron chi connectivity index (χ4n) is 1.20. The molecule has 0 bridgehead atoms. The van der Waals surface area contributed by atoms with E-state index in [2.05, 4.69) is 9.47 Å². The molecule has 0 amide bonds. The summed E-state index contributed by atoms with van der Waals surface area (Å²) in [4.78, 5) is 13.3. The van der Waals surface area contributed by atoms with Gasteiger partial charge in [-0.05, 0) is 18.6 Å². The van der Waals surface area contributed by atoms with Gasteiger partial charge in [-0.1, -0.05) is 6.92 Å². The summed E-state index contributed by atoms with van der Waals surface area (Å²) >= 11 is 1.43. The molecule has 1 heterocycles. The molecular weight excluding hydrogens is 228 g/mol. The zero-order valence-corrected chi connectivity index (χ0v) is 10.3. The SMILES string of the molecule is CCc1ccc(/C(C(=O)OC)=C(\O)OC)s1. The van der Waals surface area contributed by atoms with Gasteiger partial charge in [0.05, 0.1) is 14.2 Å². The molecule has 1 aromatic rings. The lowest BCUT2D eigenvalue weighted by Crippen LogP contribution is -2.06. The maximum Gasteiger partial charge on any atom is 0.346 e. The Morgan fingerprint density at radius 1 is 1.38 bits per heavy atom. The highest BCUT2D eigenvalue weighted by atomic mass is 32.1. The van der Waals surface area contributed by atoms with Crippen LogP contribution < -0.4 is 0 Å². The van der Waals surface area contributed by atoms with E-state index in [0.29, 0.717) is 4.88 Å². The predicted molar refractivity (Wildman–Crippen MR) is 62.3 cm³/mol. The Balaban J connectivity index is 3.16. The molecule has 1 N–H and O–H groups in total. The second-order valence-electron chi connectivity index (χ2n) is 3.00. The summed E-state index contributed by atoms with van der Waals surface area (Å²) in [5.74, 6) is -1.03. The van der Waals surface area contributed by atoms with Gasteiger partial charge in [-0.15, -0.1) is 11.3 Å². The first-order valence-electron chi connectivity index (χ1n) is 4.78. The molecule has 0 saturated carbocycles. The van der Waals surface area contributed by atoms with Gasteiger partial charge in [0.15, 0.2) is 5.57 Å². The molecule has 0 saturated heterocycles. The number of hydrogen-bond donors (Lipinski definition) is 1. The van der Waals surface area contributed by atoms with Crippen molar-refractivity contribution in [3.05, 3.63) is 27.8 Å². The molecule has 4 nitrogen and oxygen atoms in total. The molecule has 0 aliphatic rings. The fraction of sp³-hybridized carbons (Fsp3) is 0.364. The van der Waals surface area contributed by atoms with E-state index in [-0.39, 0.29) is 5.57 Å². The summed E-state index contributed by atoms with van der Waals surface area (Å²) in [7, 11) is 2.56. The van der Waals surface area contributed by atoms with Gasteiger partial charge >= 0.3 is 5.97 Å². The molecule has 0 aliphatic carbocycles. The monoisotopic (exact) mass is 242 g/mol. The van der Waals surface area contributed by atoms with Crippen LogP contribution in [0.4, 0.5) is 0 Å². The lowest BCUT2D eigenvalue weighted by molar-refractivity contribution is -0.134. The van der Waals surface area contributed by atoms with E-state index in [1.165, 1.54) is 25.6 Å². The number of aliphatic hydroxyl groups is 1. The highest BCUT2D eigenvalue weighted by Gasteiger charge is 2.21. The number of rotatable bonds is 4. The number of esters is 1. The van der Waals surface area contributed by atoms with Gasteiger partial charge in [0.2, 0.25) is 0 Å². The smallest absolute Gasteiger partial charge is 0.346 e. The second kappa shape index (κ2) is 5.55. The molecule has 0 radical (unpaired) electrons. The molecule has 0 aliphatic heterocycles. The molecule has 0 unspecified atom stereocenters. The molecule has 0 fully saturated rings. The molecular formula is C11H14O4S. The predicted octanol–water partition coefficient (Wildman–Crippen LogP) is 2.36. The number of aryl methyl sites for hydroxylation is 1. The standard InChI is InChI=1S/C11H14O4S/c1-4-7-5-6-8(16-7)9(10(12)14-2)11(13)15-3/h5-6,12H,4H2,1-3H3/b10-9-. The molecule has 0 aromatic carbocycles. The van der Waals surface area contributed by atoms with Crippen molar-refractivity contribution >= 4 is 22.9 Å². The summed E-state index contributed by atoms with van der Waals surface area (Å²) in [5.41, 5.74) is 0.0645. The topological polar surface area (TPSA) is 55.8 Å². The maximum absolute atomic E-state index is 11.5. The lowest BCUT2D eigenvalue weighted by atomic mass is 10.2. The van der Waals surface area contributed by atoms with Gasteiger partial charge in [-0.3, -0.25) is 0 Å². The number of hydrogen-bond acceptors (Lipinski definition) is 5. The largest absolute Gasteiger partial charge is 0.480 e. The minimum atomic E-state index is -0.608. The van der Waals surface area contributed by atoms with Crippen molar-refractivity contribution in [1.82, 2.24) is 0 Å². The Labute approximate surface area is 98.1 Å². The Hall–Kier alpha value is -1.49. The van der Waals surface area contributed by atoms with E-state index in [0.717, 1.165) is 11.3 Å². The minimum absolute atomic E-state index is 0.0645. The maximum atomic E-state index is 11.5. The van der Waals surface area contributed by atoms with Gasteiger partial charge in [-0.2, -0.15) is 0 Å². The van der Waals surface area contributed by atoms with Crippen molar-refractivity contribution in [3.8, 4) is 0 Å². The van der Waals surface area contributed by atoms with Crippen LogP contribution >= 0.6 is 11.3 Å². The molecule has 5 heteroatoms. The third-order valence-corrected chi connectivity index (χ3v) is 3.30. The van der Waals surface area contributed by atoms with Crippen LogP contribution in [-0.4, -0.2) is 25.3 Å². The first-order valence-corrected chi connectivity index (χ1v) is 5.60. The van der Waals surface area contributed by atoms with Gasteiger partial charge in [0, 0.05) is 9.75 Å². The van der Waals surface area contributed by atoms with Crippen LogP contribution in [0.15, 0.2) is 18.1 Å². The Kier molecular flexibility index (Phi) is 4.37. The highest BCUT2D eigenvalue weighted by molar-refractivity contribution is 7.13. The van der Waals surface area contributed by atoms with Crippen molar-refractivity contribution in [3.63, 3.8) is 0 Å². The summed E-state index contributed by atoms with van der Waals surface area (Å²) < 4.78 is 9.28. The van der Waals surface area contributed by atoms with Crippen molar-refractivity contribution < 1.29 is 19.4 Å². The van der Waals surface area contributed by atoms with E-state index < -0.39 is 11.9 Å². The molecule has 1 rings (SSSR count). The van der Waals surface area contributed by atoms with E-state index in [1.807, 2.05) is 13.0 Å². The first-order chi connectivity index (χ1) is 7.63. The van der Waals surface area contributed by atoms with Crippen molar-refractivity contribution in [1.29, 1.82) is 0 Å². The normalized spacial score (nSPS) is 11.9. The number of methoxy groups -OCH3 is 2. The van der Waals surface area contributed by atoms with Crippen LogP contribution in [-0.2, 0) is 20.7 Å². The fourth-order valence-corrected chi connectivity index (χ4v) is 2.17. The van der Waals surface area contributed by atoms with Crippen LogP contribution in [0.3, 0.4) is 0 Å². The number of ether oxygens (including phenoxy) is 2. The third kappa shape index (κ3) is 2.55. The molecule has 0 spiro atoms. The van der Waals surface area contributed by atoms with Crippen molar-refractivity contribution in [2.24, 2.45) is 0 Å². The van der Waals surface area contributed by atoms with Crippen molar-refractivity contribution in [2.45, 2.75) is 13.3 Å². The van der Waals surface area contributed by atoms with Gasteiger partial charge in [0.1, 0.15) is 0 Å². The van der Waals surface area contributed by atoms with E-state index >= 15 is 0 Å². The van der Waals surface area contributed by atoms with Crippen LogP contribution in [0, 0.1) is 0 Å². The van der Waals surface area contributed by atoms with Crippen LogP contribution in [0.5, 0.6) is 0 Å². The van der Waals surface area contributed by atoms with E-state index in [1.54, 1.807) is 6.07 Å². The number of aliphatic hydroxyl groups excluding tert-OH is 1. The summed E-state index contributed by atoms with van der Waals surface area (Å²) in [6.07, 6.45) is 0.882. The average Bonchev–Trinajstić information content (AvgIpc) is 2.77. The number of carbonyl (C=O) groups is 1. The van der Waals surface area contributed by atoms with Crippen LogP contribution in [0.1, 0.15) is 16.7 Å².